The molecule has 1 aromatic rings. The number of hydrogen-bond acceptors (Lipinski definition) is 1. The summed E-state index contributed by atoms with van der Waals surface area (Å²) in [5, 5.41) is 0. The third kappa shape index (κ3) is 3.05. The molecule has 0 aliphatic rings. The molecule has 4 heteroatoms. The molecule has 70 valence electrons. The molecule has 0 aromatic carbocycles. The first-order chi connectivity index (χ1) is 4.75. The summed E-state index contributed by atoms with van der Waals surface area (Å²) in [6.45, 7) is 8.89. The minimum atomic E-state index is 0. The van der Waals surface area contributed by atoms with E-state index in [1.807, 2.05) is 6.08 Å². The average molecular weight is 252 g/mol. The molecule has 1 rings (SSSR count). The quantitative estimate of drug-likeness (QED) is 0.432. The maximum absolute atomic E-state index is 3.69. The highest BCUT2D eigenvalue weighted by Gasteiger charge is 2.08. The number of halogens is 1. The summed E-state index contributed by atoms with van der Waals surface area (Å²) in [5.41, 5.74) is 3.48. The first-order valence-electron chi connectivity index (χ1n) is 3.30. The van der Waals surface area contributed by atoms with Crippen molar-refractivity contribution in [3.05, 3.63) is 28.7 Å². The summed E-state index contributed by atoms with van der Waals surface area (Å²) in [4.78, 5) is 1.39. The van der Waals surface area contributed by atoms with Crippen LogP contribution in [0.25, 0.3) is 0 Å². The van der Waals surface area contributed by atoms with Crippen LogP contribution in [0, 0.1) is 13.8 Å². The lowest BCUT2D eigenvalue weighted by atomic mass is 10.4. The molecule has 0 unspecified atom stereocenters. The van der Waals surface area contributed by atoms with Gasteiger partial charge in [-0.2, -0.15) is 4.57 Å². The zero-order valence-electron chi connectivity index (χ0n) is 7.30. The van der Waals surface area contributed by atoms with Crippen LogP contribution in [0.4, 0.5) is 0 Å². The van der Waals surface area contributed by atoms with Gasteiger partial charge >= 0.3 is 0 Å². The Hall–Kier alpha value is -0.190. The summed E-state index contributed by atoms with van der Waals surface area (Å²) in [6.07, 6.45) is 1.92. The molecule has 0 spiro atoms. The van der Waals surface area contributed by atoms with Crippen molar-refractivity contribution in [2.24, 2.45) is 0 Å². The standard InChI is InChI=1S/C8H12NS.BrH.H2O/c1-4-5-9-6-10-8(3)7(9)2;;/h4,6H,1,5H2,2-3H3;1H;1H2/q+1;;/p-1. The Morgan fingerprint density at radius 1 is 1.58 bits per heavy atom. The van der Waals surface area contributed by atoms with Crippen LogP contribution in [-0.4, -0.2) is 5.48 Å². The lowest BCUT2D eigenvalue weighted by Crippen LogP contribution is -3.00. The third-order valence-corrected chi connectivity index (χ3v) is 2.63. The van der Waals surface area contributed by atoms with Crippen LogP contribution < -0.4 is 21.5 Å². The zero-order chi connectivity index (χ0) is 7.56. The second kappa shape index (κ2) is 6.34. The van der Waals surface area contributed by atoms with Crippen LogP contribution in [-0.2, 0) is 6.54 Å². The summed E-state index contributed by atoms with van der Waals surface area (Å²) in [6, 6.07) is 0. The average Bonchev–Trinajstić information content (AvgIpc) is 2.20. The van der Waals surface area contributed by atoms with E-state index >= 15 is 0 Å². The van der Waals surface area contributed by atoms with Crippen molar-refractivity contribution in [2.75, 3.05) is 0 Å². The van der Waals surface area contributed by atoms with Gasteiger partial charge in [0.1, 0.15) is 0 Å². The predicted octanol–water partition coefficient (Wildman–Crippen LogP) is -1.98. The second-order valence-electron chi connectivity index (χ2n) is 2.31. The Labute approximate surface area is 87.6 Å². The zero-order valence-corrected chi connectivity index (χ0v) is 9.70. The van der Waals surface area contributed by atoms with Gasteiger partial charge in [-0.3, -0.25) is 0 Å². The van der Waals surface area contributed by atoms with Crippen molar-refractivity contribution in [2.45, 2.75) is 20.4 Å². The fraction of sp³-hybridized carbons (Fsp3) is 0.375. The van der Waals surface area contributed by atoms with Crippen molar-refractivity contribution in [1.29, 1.82) is 0 Å². The molecule has 0 aliphatic carbocycles. The Morgan fingerprint density at radius 2 is 2.17 bits per heavy atom. The van der Waals surface area contributed by atoms with Gasteiger partial charge in [-0.15, -0.1) is 0 Å². The molecule has 0 fully saturated rings. The fourth-order valence-electron chi connectivity index (χ4n) is 0.828. The molecule has 0 bridgehead atoms. The summed E-state index contributed by atoms with van der Waals surface area (Å²) in [7, 11) is 0. The van der Waals surface area contributed by atoms with Gasteiger partial charge in [0.2, 0.25) is 5.51 Å². The number of thiazole rings is 1. The molecule has 0 radical (unpaired) electrons. The van der Waals surface area contributed by atoms with Crippen LogP contribution in [0.2, 0.25) is 0 Å². The van der Waals surface area contributed by atoms with Gasteiger partial charge < -0.3 is 22.5 Å². The van der Waals surface area contributed by atoms with Crippen LogP contribution in [0.3, 0.4) is 0 Å². The maximum atomic E-state index is 3.69. The molecule has 0 saturated carbocycles. The van der Waals surface area contributed by atoms with Crippen LogP contribution in [0.5, 0.6) is 0 Å². The molecule has 0 saturated heterocycles. The smallest absolute Gasteiger partial charge is 0.225 e. The summed E-state index contributed by atoms with van der Waals surface area (Å²) in [5.74, 6) is 0. The van der Waals surface area contributed by atoms with Crippen molar-refractivity contribution >= 4 is 11.3 Å². The van der Waals surface area contributed by atoms with E-state index in [-0.39, 0.29) is 22.5 Å². The predicted molar refractivity (Wildman–Crippen MR) is 47.8 cm³/mol. The van der Waals surface area contributed by atoms with Gasteiger partial charge in [-0.05, 0) is 13.0 Å². The van der Waals surface area contributed by atoms with Crippen LogP contribution in [0.15, 0.2) is 18.2 Å². The molecule has 2 nitrogen and oxygen atoms in total. The van der Waals surface area contributed by atoms with Gasteiger partial charge in [-0.25, -0.2) is 0 Å². The number of rotatable bonds is 2. The summed E-state index contributed by atoms with van der Waals surface area (Å²) < 4.78 is 2.20. The Bertz CT molecular complexity index is 247. The lowest BCUT2D eigenvalue weighted by Gasteiger charge is -1.86. The first kappa shape index (κ1) is 14.3. The topological polar surface area (TPSA) is 35.4 Å². The van der Waals surface area contributed by atoms with Crippen molar-refractivity contribution < 1.29 is 27.0 Å². The first-order valence-corrected chi connectivity index (χ1v) is 4.18. The monoisotopic (exact) mass is 251 g/mol. The van der Waals surface area contributed by atoms with Crippen molar-refractivity contribution in [1.82, 2.24) is 0 Å². The molecular weight excluding hydrogens is 238 g/mol. The van der Waals surface area contributed by atoms with Gasteiger partial charge in [-0.1, -0.05) is 17.9 Å². The van der Waals surface area contributed by atoms with E-state index in [1.54, 1.807) is 11.3 Å². The SMILES string of the molecule is C=CC[n+]1csc(C)c1C.O.[Br-]. The molecule has 12 heavy (non-hydrogen) atoms. The van der Waals surface area contributed by atoms with Gasteiger partial charge in [0, 0.05) is 6.92 Å². The number of nitrogens with zero attached hydrogens (tertiary/aromatic N) is 1. The fourth-order valence-corrected chi connectivity index (χ4v) is 1.65. The van der Waals surface area contributed by atoms with E-state index in [0.29, 0.717) is 0 Å². The van der Waals surface area contributed by atoms with Gasteiger partial charge in [0.25, 0.3) is 0 Å². The van der Waals surface area contributed by atoms with E-state index in [9.17, 15) is 0 Å². The Kier molecular flexibility index (Phi) is 7.58. The highest BCUT2D eigenvalue weighted by atomic mass is 79.9. The van der Waals surface area contributed by atoms with E-state index in [1.165, 1.54) is 10.6 Å². The summed E-state index contributed by atoms with van der Waals surface area (Å²) >= 11 is 1.79. The van der Waals surface area contributed by atoms with Crippen LogP contribution in [0.1, 0.15) is 10.6 Å². The normalized spacial score (nSPS) is 8.17. The van der Waals surface area contributed by atoms with E-state index in [0.717, 1.165) is 6.54 Å². The second-order valence-corrected chi connectivity index (χ2v) is 3.36. The maximum Gasteiger partial charge on any atom is 0.225 e. The molecular formula is C8H14BrNOS. The molecule has 0 aliphatic heterocycles. The Balaban J connectivity index is 0. The highest BCUT2D eigenvalue weighted by Crippen LogP contribution is 2.07. The molecule has 1 heterocycles. The van der Waals surface area contributed by atoms with Crippen molar-refractivity contribution in [3.8, 4) is 0 Å². The van der Waals surface area contributed by atoms with E-state index < -0.39 is 0 Å². The number of aryl methyl sites for hydroxylation is 1. The number of allylic oxidation sites excluding steroid dienone is 1. The number of aromatic nitrogens is 1. The minimum absolute atomic E-state index is 0. The van der Waals surface area contributed by atoms with E-state index in [2.05, 4.69) is 30.5 Å². The van der Waals surface area contributed by atoms with E-state index in [4.69, 9.17) is 0 Å². The third-order valence-electron chi connectivity index (χ3n) is 1.62. The largest absolute Gasteiger partial charge is 1.00 e. The lowest BCUT2D eigenvalue weighted by molar-refractivity contribution is -0.688. The Morgan fingerprint density at radius 3 is 2.50 bits per heavy atom. The number of hydrogen-bond donors (Lipinski definition) is 0. The minimum Gasteiger partial charge on any atom is -1.00 e. The molecule has 1 aromatic heterocycles. The van der Waals surface area contributed by atoms with Gasteiger partial charge in [0.05, 0.1) is 4.88 Å². The van der Waals surface area contributed by atoms with Gasteiger partial charge in [0.15, 0.2) is 12.2 Å². The highest BCUT2D eigenvalue weighted by molar-refractivity contribution is 7.09. The molecule has 0 amide bonds. The van der Waals surface area contributed by atoms with Crippen LogP contribution >= 0.6 is 11.3 Å². The molecule has 2 N–H and O–H groups in total. The molecule has 0 atom stereocenters. The van der Waals surface area contributed by atoms with Crippen molar-refractivity contribution in [3.63, 3.8) is 0 Å².